The summed E-state index contributed by atoms with van der Waals surface area (Å²) in [6, 6.07) is 5.13. The Balaban J connectivity index is 1.64. The molecule has 3 aliphatic carbocycles. The number of rotatable bonds is 5. The smallest absolute Gasteiger partial charge is 0.353 e. The van der Waals surface area contributed by atoms with Crippen LogP contribution in [0, 0.1) is 17.7 Å². The standard InChI is InChI=1S/C27H26F8N2O3S/c28-16-3-5-19(6-4-16)41(39,40)24-10-9-20(23(38)37-18-12-17(36)13-18)22(24)7-1-14-11-15(2-8-21(14)24)25(29,26(30,31)32)27(33,34)35/h2-6,8,11,17-18,20,22H,1,7,9-10,12-13,36H2,(H,37,38)/t17-,18+,20-,22+,24-/m1/s1. The highest BCUT2D eigenvalue weighted by molar-refractivity contribution is 7.92. The molecule has 0 unspecified atom stereocenters. The van der Waals surface area contributed by atoms with Crippen molar-refractivity contribution in [3.8, 4) is 0 Å². The molecule has 3 atom stereocenters. The summed E-state index contributed by atoms with van der Waals surface area (Å²) in [6.07, 6.45) is -12.0. The first-order valence-electron chi connectivity index (χ1n) is 13.0. The molecule has 0 radical (unpaired) electrons. The third-order valence-corrected chi connectivity index (χ3v) is 11.4. The number of fused-ring (bicyclic) bond motifs is 3. The number of nitrogens with two attached hydrogens (primary N) is 1. The largest absolute Gasteiger partial charge is 0.435 e. The summed E-state index contributed by atoms with van der Waals surface area (Å²) >= 11 is 0. The summed E-state index contributed by atoms with van der Waals surface area (Å²) in [7, 11) is -4.50. The van der Waals surface area contributed by atoms with Crippen LogP contribution < -0.4 is 11.1 Å². The fourth-order valence-corrected chi connectivity index (χ4v) is 9.25. The van der Waals surface area contributed by atoms with E-state index in [2.05, 4.69) is 5.32 Å². The molecule has 224 valence electrons. The molecule has 3 N–H and O–H groups in total. The molecule has 41 heavy (non-hydrogen) atoms. The second-order valence-electron chi connectivity index (χ2n) is 11.1. The lowest BCUT2D eigenvalue weighted by Crippen LogP contribution is -2.53. The van der Waals surface area contributed by atoms with Crippen molar-refractivity contribution in [3.63, 3.8) is 0 Å². The van der Waals surface area contributed by atoms with Crippen molar-refractivity contribution < 1.29 is 48.3 Å². The fraction of sp³-hybridized carbons (Fsp3) is 0.519. The lowest BCUT2D eigenvalue weighted by Gasteiger charge is -2.43. The molecule has 0 spiro atoms. The number of hydrogen-bond donors (Lipinski definition) is 2. The van der Waals surface area contributed by atoms with Gasteiger partial charge in [0.2, 0.25) is 5.91 Å². The Hall–Kier alpha value is -2.74. The average molecular weight is 611 g/mol. The molecule has 0 aliphatic heterocycles. The van der Waals surface area contributed by atoms with E-state index in [-0.39, 0.29) is 53.8 Å². The number of halogens is 8. The van der Waals surface area contributed by atoms with Gasteiger partial charge in [-0.05, 0) is 79.8 Å². The van der Waals surface area contributed by atoms with Crippen molar-refractivity contribution in [1.29, 1.82) is 0 Å². The Labute approximate surface area is 230 Å². The highest BCUT2D eigenvalue weighted by atomic mass is 32.2. The van der Waals surface area contributed by atoms with Gasteiger partial charge in [0.15, 0.2) is 9.84 Å². The minimum Gasteiger partial charge on any atom is -0.353 e. The lowest BCUT2D eigenvalue weighted by molar-refractivity contribution is -0.348. The summed E-state index contributed by atoms with van der Waals surface area (Å²) in [4.78, 5) is 13.0. The first kappa shape index (κ1) is 29.7. The SMILES string of the molecule is N[C@H]1C[C@@H](NC(=O)[C@@H]2CC[C@@]3(S(=O)(=O)c4ccc(F)cc4)c4ccc(C(F)(C(F)(F)F)C(F)(F)F)cc4CC[C@@H]23)C1. The molecule has 5 rings (SSSR count). The van der Waals surface area contributed by atoms with Crippen LogP contribution in [0.1, 0.15) is 48.8 Å². The van der Waals surface area contributed by atoms with Crippen LogP contribution in [-0.2, 0) is 31.5 Å². The minimum atomic E-state index is -6.34. The molecule has 1 amide bonds. The molecule has 0 aromatic heterocycles. The molecule has 2 saturated carbocycles. The molecule has 0 bridgehead atoms. The quantitative estimate of drug-likeness (QED) is 0.353. The molecular weight excluding hydrogens is 584 g/mol. The van der Waals surface area contributed by atoms with Crippen LogP contribution in [0.25, 0.3) is 0 Å². The van der Waals surface area contributed by atoms with Crippen LogP contribution in [0.2, 0.25) is 0 Å². The summed E-state index contributed by atoms with van der Waals surface area (Å²) in [6.45, 7) is 0. The maximum Gasteiger partial charge on any atom is 0.435 e. The van der Waals surface area contributed by atoms with E-state index in [1.807, 2.05) is 0 Å². The van der Waals surface area contributed by atoms with Crippen molar-refractivity contribution >= 4 is 15.7 Å². The third kappa shape index (κ3) is 4.43. The van der Waals surface area contributed by atoms with Crippen LogP contribution in [0.15, 0.2) is 47.4 Å². The number of amides is 1. The predicted octanol–water partition coefficient (Wildman–Crippen LogP) is 5.36. The third-order valence-electron chi connectivity index (χ3n) is 8.84. The van der Waals surface area contributed by atoms with Gasteiger partial charge in [0, 0.05) is 23.6 Å². The zero-order valence-corrected chi connectivity index (χ0v) is 22.1. The summed E-state index contributed by atoms with van der Waals surface area (Å²) in [5.74, 6) is -2.88. The summed E-state index contributed by atoms with van der Waals surface area (Å²) in [5, 5.41) is 2.86. The number of nitrogens with one attached hydrogen (secondary N) is 1. The van der Waals surface area contributed by atoms with E-state index in [0.29, 0.717) is 25.0 Å². The molecule has 2 fully saturated rings. The van der Waals surface area contributed by atoms with Gasteiger partial charge in [0.1, 0.15) is 10.6 Å². The lowest BCUT2D eigenvalue weighted by atomic mass is 9.72. The molecule has 0 heterocycles. The number of hydrogen-bond acceptors (Lipinski definition) is 4. The molecule has 0 saturated heterocycles. The Morgan fingerprint density at radius 2 is 1.54 bits per heavy atom. The number of alkyl halides is 7. The van der Waals surface area contributed by atoms with Gasteiger partial charge in [-0.15, -0.1) is 0 Å². The molecule has 3 aliphatic rings. The number of carbonyl (C=O) groups is 1. The van der Waals surface area contributed by atoms with Crippen LogP contribution >= 0.6 is 0 Å². The first-order chi connectivity index (χ1) is 18.9. The van der Waals surface area contributed by atoms with Crippen LogP contribution in [0.4, 0.5) is 35.1 Å². The Morgan fingerprint density at radius 3 is 2.10 bits per heavy atom. The average Bonchev–Trinajstić information content (AvgIpc) is 3.28. The van der Waals surface area contributed by atoms with E-state index in [0.717, 1.165) is 30.3 Å². The van der Waals surface area contributed by atoms with Crippen LogP contribution in [0.3, 0.4) is 0 Å². The van der Waals surface area contributed by atoms with Gasteiger partial charge in [-0.3, -0.25) is 4.79 Å². The van der Waals surface area contributed by atoms with E-state index in [1.54, 1.807) is 0 Å². The highest BCUT2D eigenvalue weighted by Crippen LogP contribution is 2.60. The molecule has 2 aromatic rings. The predicted molar refractivity (Wildman–Crippen MR) is 130 cm³/mol. The summed E-state index contributed by atoms with van der Waals surface area (Å²) in [5.41, 5.74) is -1.89. The van der Waals surface area contributed by atoms with Gasteiger partial charge in [-0.25, -0.2) is 17.2 Å². The topological polar surface area (TPSA) is 89.3 Å². The van der Waals surface area contributed by atoms with Crippen molar-refractivity contribution in [2.24, 2.45) is 17.6 Å². The molecule has 2 aromatic carbocycles. The van der Waals surface area contributed by atoms with Gasteiger partial charge in [0.05, 0.1) is 4.90 Å². The van der Waals surface area contributed by atoms with Crippen molar-refractivity contribution in [2.75, 3.05) is 0 Å². The van der Waals surface area contributed by atoms with E-state index in [9.17, 15) is 48.3 Å². The van der Waals surface area contributed by atoms with E-state index in [1.165, 1.54) is 0 Å². The number of sulfone groups is 1. The van der Waals surface area contributed by atoms with Crippen molar-refractivity contribution in [1.82, 2.24) is 5.32 Å². The van der Waals surface area contributed by atoms with Gasteiger partial charge in [-0.2, -0.15) is 26.3 Å². The highest BCUT2D eigenvalue weighted by Gasteiger charge is 2.74. The van der Waals surface area contributed by atoms with Crippen LogP contribution in [0.5, 0.6) is 0 Å². The van der Waals surface area contributed by atoms with Gasteiger partial charge in [0.25, 0.3) is 0 Å². The maximum atomic E-state index is 14.9. The zero-order chi connectivity index (χ0) is 30.2. The monoisotopic (exact) mass is 610 g/mol. The van der Waals surface area contributed by atoms with E-state index in [4.69, 9.17) is 5.73 Å². The Bertz CT molecular complexity index is 1440. The van der Waals surface area contributed by atoms with Crippen molar-refractivity contribution in [3.05, 3.63) is 65.0 Å². The first-order valence-corrected chi connectivity index (χ1v) is 14.4. The second-order valence-corrected chi connectivity index (χ2v) is 13.3. The van der Waals surface area contributed by atoms with Gasteiger partial charge < -0.3 is 11.1 Å². The van der Waals surface area contributed by atoms with E-state index >= 15 is 0 Å². The van der Waals surface area contributed by atoms with Crippen molar-refractivity contribution in [2.45, 2.75) is 78.3 Å². The zero-order valence-electron chi connectivity index (χ0n) is 21.3. The number of carbonyl (C=O) groups excluding carboxylic acids is 1. The number of benzene rings is 2. The Morgan fingerprint density at radius 1 is 0.927 bits per heavy atom. The minimum absolute atomic E-state index is 0.0645. The van der Waals surface area contributed by atoms with Gasteiger partial charge in [-0.1, -0.05) is 18.2 Å². The maximum absolute atomic E-state index is 14.9. The molecular formula is C27H26F8N2O3S. The Kier molecular flexibility index (Phi) is 7.00. The van der Waals surface area contributed by atoms with Gasteiger partial charge >= 0.3 is 18.0 Å². The van der Waals surface area contributed by atoms with E-state index < -0.39 is 61.7 Å². The fourth-order valence-electron chi connectivity index (χ4n) is 6.78. The normalized spacial score (nSPS) is 28.4. The van der Waals surface area contributed by atoms with Crippen LogP contribution in [-0.4, -0.2) is 38.8 Å². The number of aryl methyl sites for hydroxylation is 1. The molecule has 14 heteroatoms. The summed E-state index contributed by atoms with van der Waals surface area (Å²) < 4.78 is 136. The second kappa shape index (κ2) is 9.65. The molecule has 5 nitrogen and oxygen atoms in total.